The summed E-state index contributed by atoms with van der Waals surface area (Å²) < 4.78 is 27.5. The topological polar surface area (TPSA) is 92.6 Å². The van der Waals surface area contributed by atoms with Gasteiger partial charge in [0.2, 0.25) is 15.9 Å². The van der Waals surface area contributed by atoms with Crippen LogP contribution in [-0.2, 0) is 21.4 Å². The van der Waals surface area contributed by atoms with Gasteiger partial charge in [-0.1, -0.05) is 18.2 Å². The van der Waals surface area contributed by atoms with E-state index in [2.05, 4.69) is 15.0 Å². The van der Waals surface area contributed by atoms with E-state index in [0.717, 1.165) is 22.5 Å². The van der Waals surface area contributed by atoms with Crippen molar-refractivity contribution in [3.05, 3.63) is 71.7 Å². The first-order valence-electron chi connectivity index (χ1n) is 8.32. The van der Waals surface area contributed by atoms with Crippen LogP contribution in [0.4, 0.5) is 0 Å². The largest absolute Gasteiger partial charge is 0.347 e. The lowest BCUT2D eigenvalue weighted by molar-refractivity contribution is -0.116. The minimum atomic E-state index is -3.46. The molecular formula is C19H20N4O3S. The van der Waals surface area contributed by atoms with Crippen molar-refractivity contribution in [1.29, 1.82) is 0 Å². The van der Waals surface area contributed by atoms with Gasteiger partial charge in [-0.2, -0.15) is 0 Å². The number of amides is 1. The second-order valence-electron chi connectivity index (χ2n) is 5.98. The van der Waals surface area contributed by atoms with E-state index in [4.69, 9.17) is 0 Å². The van der Waals surface area contributed by atoms with Crippen LogP contribution in [0.5, 0.6) is 0 Å². The highest BCUT2D eigenvalue weighted by molar-refractivity contribution is 7.89. The Kier molecular flexibility index (Phi) is 5.38. The van der Waals surface area contributed by atoms with Crippen LogP contribution in [0.15, 0.2) is 59.8 Å². The molecule has 0 unspecified atom stereocenters. The number of aryl methyl sites for hydroxylation is 1. The highest BCUT2D eigenvalue weighted by Crippen LogP contribution is 2.12. The lowest BCUT2D eigenvalue weighted by Crippen LogP contribution is -2.20. The number of carbonyl (C=O) groups excluding carboxylic acids is 1. The predicted octanol–water partition coefficient (Wildman–Crippen LogP) is 1.88. The van der Waals surface area contributed by atoms with Gasteiger partial charge in [0.1, 0.15) is 5.65 Å². The quantitative estimate of drug-likeness (QED) is 0.635. The zero-order valence-electron chi connectivity index (χ0n) is 15.0. The molecule has 0 bridgehead atoms. The first-order chi connectivity index (χ1) is 12.9. The number of fused-ring (bicyclic) bond motifs is 1. The van der Waals surface area contributed by atoms with Crippen LogP contribution in [0, 0.1) is 6.92 Å². The molecule has 3 rings (SSSR count). The molecule has 0 saturated carbocycles. The molecule has 0 fully saturated rings. The van der Waals surface area contributed by atoms with Gasteiger partial charge < -0.3 is 9.72 Å². The van der Waals surface area contributed by atoms with Gasteiger partial charge in [-0.05, 0) is 49.4 Å². The van der Waals surface area contributed by atoms with E-state index in [1.54, 1.807) is 18.2 Å². The molecule has 0 spiro atoms. The average molecular weight is 384 g/mol. The van der Waals surface area contributed by atoms with Crippen molar-refractivity contribution in [3.63, 3.8) is 0 Å². The van der Waals surface area contributed by atoms with Gasteiger partial charge in [0.15, 0.2) is 0 Å². The Balaban J connectivity index is 1.60. The molecule has 1 aromatic carbocycles. The number of hydrogen-bond donors (Lipinski definition) is 2. The van der Waals surface area contributed by atoms with Crippen molar-refractivity contribution in [2.45, 2.75) is 18.4 Å². The van der Waals surface area contributed by atoms with E-state index in [-0.39, 0.29) is 10.8 Å². The third-order valence-electron chi connectivity index (χ3n) is 4.06. The van der Waals surface area contributed by atoms with Crippen molar-refractivity contribution in [1.82, 2.24) is 19.4 Å². The number of hydrogen-bond acceptors (Lipinski definition) is 4. The number of benzene rings is 1. The Morgan fingerprint density at radius 2 is 1.96 bits per heavy atom. The van der Waals surface area contributed by atoms with E-state index < -0.39 is 10.0 Å². The fourth-order valence-corrected chi connectivity index (χ4v) is 3.30. The number of nitrogens with one attached hydrogen (secondary N) is 2. The fourth-order valence-electron chi connectivity index (χ4n) is 2.57. The van der Waals surface area contributed by atoms with E-state index >= 15 is 0 Å². The Bertz CT molecular complexity index is 1100. The van der Waals surface area contributed by atoms with Crippen LogP contribution >= 0.6 is 0 Å². The number of carbonyl (C=O) groups is 1. The maximum Gasteiger partial charge on any atom is 0.244 e. The molecule has 3 aromatic rings. The van der Waals surface area contributed by atoms with Crippen LogP contribution in [0.3, 0.4) is 0 Å². The van der Waals surface area contributed by atoms with Crippen molar-refractivity contribution in [2.75, 3.05) is 7.05 Å². The number of pyridine rings is 1. The van der Waals surface area contributed by atoms with Crippen LogP contribution in [0.25, 0.3) is 11.7 Å². The zero-order chi connectivity index (χ0) is 19.4. The molecule has 7 nitrogen and oxygen atoms in total. The first kappa shape index (κ1) is 18.8. The second-order valence-corrected chi connectivity index (χ2v) is 7.87. The van der Waals surface area contributed by atoms with Crippen molar-refractivity contribution >= 4 is 27.7 Å². The molecule has 0 atom stereocenters. The molecule has 140 valence electrons. The van der Waals surface area contributed by atoms with Crippen LogP contribution < -0.4 is 10.0 Å². The summed E-state index contributed by atoms with van der Waals surface area (Å²) in [5, 5.41) is 2.79. The van der Waals surface area contributed by atoms with E-state index in [9.17, 15) is 13.2 Å². The lowest BCUT2D eigenvalue weighted by atomic mass is 10.2. The molecular weight excluding hydrogens is 364 g/mol. The van der Waals surface area contributed by atoms with E-state index in [1.165, 1.54) is 25.3 Å². The van der Waals surface area contributed by atoms with Gasteiger partial charge in [0, 0.05) is 18.5 Å². The molecule has 0 radical (unpaired) electrons. The number of imidazole rings is 1. The summed E-state index contributed by atoms with van der Waals surface area (Å²) >= 11 is 0. The van der Waals surface area contributed by atoms with Gasteiger partial charge in [0.25, 0.3) is 0 Å². The van der Waals surface area contributed by atoms with Gasteiger partial charge in [-0.25, -0.2) is 18.1 Å². The summed E-state index contributed by atoms with van der Waals surface area (Å²) in [7, 11) is -2.10. The molecule has 2 heterocycles. The maximum atomic E-state index is 12.0. The number of sulfonamides is 1. The highest BCUT2D eigenvalue weighted by Gasteiger charge is 2.10. The molecule has 2 aromatic heterocycles. The fraction of sp³-hybridized carbons (Fsp3) is 0.158. The minimum Gasteiger partial charge on any atom is -0.347 e. The van der Waals surface area contributed by atoms with Crippen molar-refractivity contribution in [2.24, 2.45) is 0 Å². The Morgan fingerprint density at radius 3 is 2.63 bits per heavy atom. The molecule has 0 saturated heterocycles. The van der Waals surface area contributed by atoms with Gasteiger partial charge in [-0.15, -0.1) is 0 Å². The van der Waals surface area contributed by atoms with Crippen LogP contribution in [0.2, 0.25) is 0 Å². The van der Waals surface area contributed by atoms with Gasteiger partial charge >= 0.3 is 0 Å². The summed E-state index contributed by atoms with van der Waals surface area (Å²) in [6.07, 6.45) is 6.83. The Hall–Kier alpha value is -2.97. The Labute approximate surface area is 157 Å². The smallest absolute Gasteiger partial charge is 0.244 e. The molecule has 2 N–H and O–H groups in total. The maximum absolute atomic E-state index is 12.0. The summed E-state index contributed by atoms with van der Waals surface area (Å²) in [4.78, 5) is 16.7. The van der Waals surface area contributed by atoms with Crippen molar-refractivity contribution < 1.29 is 13.2 Å². The number of rotatable bonds is 6. The monoisotopic (exact) mass is 384 g/mol. The molecule has 0 aliphatic rings. The third-order valence-corrected chi connectivity index (χ3v) is 5.49. The summed E-state index contributed by atoms with van der Waals surface area (Å²) in [5.74, 6) is -0.254. The molecule has 8 heteroatoms. The number of nitrogens with zero attached hydrogens (tertiary/aromatic N) is 2. The molecule has 0 aliphatic heterocycles. The first-order valence-corrected chi connectivity index (χ1v) is 9.80. The van der Waals surface area contributed by atoms with Gasteiger partial charge in [-0.3, -0.25) is 4.79 Å². The second kappa shape index (κ2) is 7.73. The highest BCUT2D eigenvalue weighted by atomic mass is 32.2. The predicted molar refractivity (Wildman–Crippen MR) is 103 cm³/mol. The van der Waals surface area contributed by atoms with Gasteiger partial charge in [0.05, 0.1) is 17.1 Å². The van der Waals surface area contributed by atoms with Crippen LogP contribution in [0.1, 0.15) is 16.8 Å². The number of aromatic nitrogens is 2. The van der Waals surface area contributed by atoms with Crippen molar-refractivity contribution in [3.8, 4) is 0 Å². The lowest BCUT2D eigenvalue weighted by Gasteiger charge is -2.02. The van der Waals surface area contributed by atoms with E-state index in [1.807, 2.05) is 35.9 Å². The van der Waals surface area contributed by atoms with E-state index in [0.29, 0.717) is 6.54 Å². The third kappa shape index (κ3) is 4.42. The normalized spacial score (nSPS) is 11.9. The molecule has 27 heavy (non-hydrogen) atoms. The zero-order valence-corrected chi connectivity index (χ0v) is 15.8. The summed E-state index contributed by atoms with van der Waals surface area (Å²) in [6, 6.07) is 10.2. The minimum absolute atomic E-state index is 0.175. The molecule has 0 aliphatic carbocycles. The standard InChI is InChI=1S/C19H20N4O3S/c1-14-4-3-11-23-13-16(22-19(14)23)12-21-18(24)10-7-15-5-8-17(9-6-15)27(25,26)20-2/h3-11,13,20H,12H2,1-2H3,(H,21,24)/b10-7+. The average Bonchev–Trinajstić information content (AvgIpc) is 3.09. The Morgan fingerprint density at radius 1 is 1.22 bits per heavy atom. The molecule has 1 amide bonds. The summed E-state index contributed by atoms with van der Waals surface area (Å²) in [6.45, 7) is 2.31. The van der Waals surface area contributed by atoms with Crippen LogP contribution in [-0.4, -0.2) is 30.8 Å². The SMILES string of the molecule is CNS(=O)(=O)c1ccc(/C=C/C(=O)NCc2cn3cccc(C)c3n2)cc1. The summed E-state index contributed by atoms with van der Waals surface area (Å²) in [5.41, 5.74) is 3.43.